The number of aromatic nitrogens is 3. The Morgan fingerprint density at radius 3 is 2.91 bits per heavy atom. The zero-order valence-electron chi connectivity index (χ0n) is 18.6. The van der Waals surface area contributed by atoms with E-state index in [9.17, 15) is 4.79 Å². The summed E-state index contributed by atoms with van der Waals surface area (Å²) in [7, 11) is 0. The van der Waals surface area contributed by atoms with Crippen molar-refractivity contribution in [1.29, 1.82) is 0 Å². The molecular weight excluding hydrogens is 408 g/mol. The number of carbonyl (C=O) groups excluding carboxylic acids is 1. The fourth-order valence-electron chi connectivity index (χ4n) is 3.43. The molecule has 168 valence electrons. The first kappa shape index (κ1) is 20.4. The van der Waals surface area contributed by atoms with Gasteiger partial charge in [0, 0.05) is 18.7 Å². The van der Waals surface area contributed by atoms with Crippen LogP contribution >= 0.6 is 0 Å². The van der Waals surface area contributed by atoms with Crippen LogP contribution in [0.4, 0.5) is 17.3 Å². The molecule has 3 N–H and O–H groups in total. The van der Waals surface area contributed by atoms with Gasteiger partial charge in [-0.15, -0.1) is 0 Å². The number of anilines is 3. The van der Waals surface area contributed by atoms with E-state index in [1.54, 1.807) is 10.7 Å². The molecule has 2 aromatic heterocycles. The molecule has 0 radical (unpaired) electrons. The maximum absolute atomic E-state index is 13.0. The predicted molar refractivity (Wildman–Crippen MR) is 122 cm³/mol. The van der Waals surface area contributed by atoms with Crippen molar-refractivity contribution in [2.24, 2.45) is 5.41 Å². The van der Waals surface area contributed by atoms with Gasteiger partial charge in [0.25, 0.3) is 5.91 Å². The minimum absolute atomic E-state index is 0.0211. The predicted octanol–water partition coefficient (Wildman–Crippen LogP) is 3.94. The number of nitrogens with zero attached hydrogens (tertiary/aromatic N) is 3. The average molecular weight is 437 g/mol. The average Bonchev–Trinajstić information content (AvgIpc) is 3.28. The Labute approximate surface area is 186 Å². The molecule has 32 heavy (non-hydrogen) atoms. The van der Waals surface area contributed by atoms with Crippen LogP contribution < -0.4 is 25.4 Å². The number of amides is 1. The quantitative estimate of drug-likeness (QED) is 0.492. The van der Waals surface area contributed by atoms with Crippen molar-refractivity contribution in [3.8, 4) is 11.5 Å². The Morgan fingerprint density at radius 2 is 2.12 bits per heavy atom. The van der Waals surface area contributed by atoms with E-state index in [1.165, 1.54) is 0 Å². The number of nitrogens with one attached hydrogen (secondary N) is 3. The number of carbonyl (C=O) groups is 1. The molecule has 1 aromatic carbocycles. The van der Waals surface area contributed by atoms with Crippen LogP contribution in [0.2, 0.25) is 0 Å². The molecule has 0 saturated heterocycles. The van der Waals surface area contributed by atoms with Gasteiger partial charge in [-0.1, -0.05) is 26.8 Å². The molecule has 9 nitrogen and oxygen atoms in total. The van der Waals surface area contributed by atoms with Crippen molar-refractivity contribution in [3.63, 3.8) is 0 Å². The van der Waals surface area contributed by atoms with Gasteiger partial charge >= 0.3 is 0 Å². The third kappa shape index (κ3) is 4.02. The van der Waals surface area contributed by atoms with Gasteiger partial charge in [-0.2, -0.15) is 9.61 Å². The first-order chi connectivity index (χ1) is 15.4. The minimum atomic E-state index is -0.180. The fourth-order valence-corrected chi connectivity index (χ4v) is 3.43. The van der Waals surface area contributed by atoms with Gasteiger partial charge in [0.15, 0.2) is 17.1 Å². The zero-order valence-corrected chi connectivity index (χ0v) is 18.6. The molecule has 1 amide bonds. The first-order valence-corrected chi connectivity index (χ1v) is 11.0. The Hall–Kier alpha value is -3.49. The topological polar surface area (TPSA) is 102 Å². The molecule has 3 aromatic rings. The van der Waals surface area contributed by atoms with Crippen molar-refractivity contribution >= 4 is 28.9 Å². The number of benzene rings is 1. The Bertz CT molecular complexity index is 1170. The van der Waals surface area contributed by atoms with E-state index in [0.717, 1.165) is 30.8 Å². The summed E-state index contributed by atoms with van der Waals surface area (Å²) in [5.41, 5.74) is 1.71. The fraction of sp³-hybridized carbons (Fsp3) is 0.435. The second-order valence-corrected chi connectivity index (χ2v) is 9.10. The maximum Gasteiger partial charge on any atom is 0.256 e. The van der Waals surface area contributed by atoms with Crippen molar-refractivity contribution in [2.75, 3.05) is 24.0 Å². The molecule has 1 aliphatic heterocycles. The van der Waals surface area contributed by atoms with Gasteiger partial charge in [0.1, 0.15) is 17.2 Å². The molecule has 5 rings (SSSR count). The lowest BCUT2D eigenvalue weighted by molar-refractivity contribution is 0.0937. The van der Waals surface area contributed by atoms with E-state index in [-0.39, 0.29) is 18.1 Å². The van der Waals surface area contributed by atoms with Crippen LogP contribution in [0.25, 0.3) is 5.65 Å². The molecule has 0 bridgehead atoms. The second-order valence-electron chi connectivity index (χ2n) is 9.10. The van der Waals surface area contributed by atoms with E-state index in [1.807, 2.05) is 24.3 Å². The molecule has 0 unspecified atom stereocenters. The van der Waals surface area contributed by atoms with Crippen molar-refractivity contribution in [3.05, 3.63) is 36.0 Å². The zero-order chi connectivity index (χ0) is 22.3. The number of ether oxygens (including phenoxy) is 2. The van der Waals surface area contributed by atoms with Crippen LogP contribution in [0.15, 0.2) is 30.5 Å². The summed E-state index contributed by atoms with van der Waals surface area (Å²) in [6, 6.07) is 7.98. The molecule has 0 spiro atoms. The summed E-state index contributed by atoms with van der Waals surface area (Å²) in [5.74, 6) is 2.54. The molecule has 1 aliphatic carbocycles. The summed E-state index contributed by atoms with van der Waals surface area (Å²) in [5, 5.41) is 14.3. The second kappa shape index (κ2) is 7.89. The maximum atomic E-state index is 13.0. The van der Waals surface area contributed by atoms with Gasteiger partial charge in [-0.3, -0.25) is 4.79 Å². The van der Waals surface area contributed by atoms with Gasteiger partial charge in [-0.05, 0) is 36.8 Å². The highest BCUT2D eigenvalue weighted by molar-refractivity contribution is 6.00. The lowest BCUT2D eigenvalue weighted by Crippen LogP contribution is -2.33. The van der Waals surface area contributed by atoms with Gasteiger partial charge in [0.05, 0.1) is 11.9 Å². The summed E-state index contributed by atoms with van der Waals surface area (Å²) in [6.07, 6.45) is 4.78. The van der Waals surface area contributed by atoms with Gasteiger partial charge in [-0.25, -0.2) is 4.98 Å². The van der Waals surface area contributed by atoms with Crippen LogP contribution in [0, 0.1) is 5.41 Å². The SMILES string of the molecule is CCC(C)(C)CNC(=O)c1cnn2c(NC3CC3)cc(Nc3cccc4c3OCO4)nc12. The largest absolute Gasteiger partial charge is 0.454 e. The monoisotopic (exact) mass is 436 g/mol. The summed E-state index contributed by atoms with van der Waals surface area (Å²) in [6.45, 7) is 7.15. The molecule has 1 fully saturated rings. The highest BCUT2D eigenvalue weighted by Gasteiger charge is 2.25. The van der Waals surface area contributed by atoms with Crippen LogP contribution in [-0.2, 0) is 0 Å². The van der Waals surface area contributed by atoms with Crippen LogP contribution in [-0.4, -0.2) is 39.9 Å². The highest BCUT2D eigenvalue weighted by atomic mass is 16.7. The molecule has 3 heterocycles. The van der Waals surface area contributed by atoms with Crippen molar-refractivity contribution in [2.45, 2.75) is 46.1 Å². The Kier molecular flexibility index (Phi) is 5.03. The Balaban J connectivity index is 1.49. The molecule has 1 saturated carbocycles. The number of fused-ring (bicyclic) bond motifs is 2. The highest BCUT2D eigenvalue weighted by Crippen LogP contribution is 2.40. The minimum Gasteiger partial charge on any atom is -0.454 e. The third-order valence-electron chi connectivity index (χ3n) is 5.99. The van der Waals surface area contributed by atoms with Crippen molar-refractivity contribution in [1.82, 2.24) is 19.9 Å². The van der Waals surface area contributed by atoms with E-state index >= 15 is 0 Å². The van der Waals surface area contributed by atoms with E-state index in [0.29, 0.717) is 41.1 Å². The summed E-state index contributed by atoms with van der Waals surface area (Å²) < 4.78 is 12.8. The normalized spacial score (nSPS) is 15.1. The van der Waals surface area contributed by atoms with Gasteiger partial charge < -0.3 is 25.4 Å². The third-order valence-corrected chi connectivity index (χ3v) is 5.99. The number of hydrogen-bond donors (Lipinski definition) is 3. The van der Waals surface area contributed by atoms with Crippen molar-refractivity contribution < 1.29 is 14.3 Å². The van der Waals surface area contributed by atoms with Crippen LogP contribution in [0.5, 0.6) is 11.5 Å². The standard InChI is InChI=1S/C23H28N6O3/c1-4-23(2,3)12-24-22(30)15-11-25-29-19(26-14-8-9-14)10-18(28-21(15)29)27-16-6-5-7-17-20(16)32-13-31-17/h5-7,10-11,14,26H,4,8-9,12-13H2,1-3H3,(H,24,30)(H,27,28). The number of para-hydroxylation sites is 1. The smallest absolute Gasteiger partial charge is 0.256 e. The number of rotatable bonds is 8. The summed E-state index contributed by atoms with van der Waals surface area (Å²) >= 11 is 0. The lowest BCUT2D eigenvalue weighted by Gasteiger charge is -2.22. The van der Waals surface area contributed by atoms with E-state index in [4.69, 9.17) is 14.5 Å². The van der Waals surface area contributed by atoms with E-state index in [2.05, 4.69) is 41.8 Å². The van der Waals surface area contributed by atoms with Crippen LogP contribution in [0.3, 0.4) is 0 Å². The van der Waals surface area contributed by atoms with Crippen LogP contribution in [0.1, 0.15) is 50.4 Å². The Morgan fingerprint density at radius 1 is 1.28 bits per heavy atom. The van der Waals surface area contributed by atoms with Gasteiger partial charge in [0.2, 0.25) is 6.79 Å². The molecule has 9 heteroatoms. The molecular formula is C23H28N6O3. The first-order valence-electron chi connectivity index (χ1n) is 11.0. The molecule has 0 atom stereocenters. The lowest BCUT2D eigenvalue weighted by atomic mass is 9.90. The molecule has 2 aliphatic rings. The van der Waals surface area contributed by atoms with E-state index < -0.39 is 0 Å². The number of hydrogen-bond acceptors (Lipinski definition) is 7. The summed E-state index contributed by atoms with van der Waals surface area (Å²) in [4.78, 5) is 17.7.